The van der Waals surface area contributed by atoms with Crippen molar-refractivity contribution < 1.29 is 13.2 Å². The predicted octanol–water partition coefficient (Wildman–Crippen LogP) is 3.36. The lowest BCUT2D eigenvalue weighted by Crippen LogP contribution is -2.42. The molecule has 0 saturated carbocycles. The highest BCUT2D eigenvalue weighted by Gasteiger charge is 2.34. The first kappa shape index (κ1) is 19.5. The molecule has 0 spiro atoms. The highest BCUT2D eigenvalue weighted by molar-refractivity contribution is 9.10. The monoisotopic (exact) mass is 431 g/mol. The number of carbonyl (C=O) groups excluding carboxylic acids is 1. The first-order chi connectivity index (χ1) is 11.2. The van der Waals surface area contributed by atoms with Crippen LogP contribution in [0.1, 0.15) is 17.5 Å². The third-order valence-corrected chi connectivity index (χ3v) is 7.85. The molecule has 0 aliphatic carbocycles. The van der Waals surface area contributed by atoms with Crippen LogP contribution < -0.4 is 0 Å². The maximum absolute atomic E-state index is 12.6. The number of sulfone groups is 1. The fraction of sp³-hybridized carbons (Fsp3) is 0.471. The van der Waals surface area contributed by atoms with Crippen LogP contribution in [0.3, 0.4) is 0 Å². The second-order valence-corrected chi connectivity index (χ2v) is 10.1. The van der Waals surface area contributed by atoms with Crippen molar-refractivity contribution in [3.8, 4) is 0 Å². The topological polar surface area (TPSA) is 54.5 Å². The molecule has 1 heterocycles. The molecule has 4 nitrogen and oxygen atoms in total. The summed E-state index contributed by atoms with van der Waals surface area (Å²) in [5, 5.41) is 0. The van der Waals surface area contributed by atoms with Crippen LogP contribution in [0.25, 0.3) is 0 Å². The van der Waals surface area contributed by atoms with E-state index in [2.05, 4.69) is 28.6 Å². The summed E-state index contributed by atoms with van der Waals surface area (Å²) in [6, 6.07) is 3.89. The number of amides is 1. The fourth-order valence-electron chi connectivity index (χ4n) is 2.75. The number of halogens is 1. The van der Waals surface area contributed by atoms with Gasteiger partial charge in [0.25, 0.3) is 0 Å². The molecular weight excluding hydrogens is 410 g/mol. The first-order valence-corrected chi connectivity index (χ1v) is 11.3. The molecule has 1 aliphatic rings. The lowest BCUT2D eigenvalue weighted by atomic mass is 10.2. The summed E-state index contributed by atoms with van der Waals surface area (Å²) in [5.41, 5.74) is 2.24. The van der Waals surface area contributed by atoms with Crippen molar-refractivity contribution in [2.24, 2.45) is 0 Å². The minimum atomic E-state index is -3.02. The zero-order valence-corrected chi connectivity index (χ0v) is 17.1. The molecule has 1 aliphatic heterocycles. The summed E-state index contributed by atoms with van der Waals surface area (Å²) in [5.74, 6) is 0.485. The molecule has 7 heteroatoms. The van der Waals surface area contributed by atoms with Crippen LogP contribution in [0.5, 0.6) is 0 Å². The van der Waals surface area contributed by atoms with Gasteiger partial charge in [-0.2, -0.15) is 0 Å². The maximum atomic E-state index is 12.6. The van der Waals surface area contributed by atoms with Crippen LogP contribution in [0, 0.1) is 13.8 Å². The van der Waals surface area contributed by atoms with Gasteiger partial charge in [0.2, 0.25) is 5.91 Å². The number of thioether (sulfide) groups is 1. The van der Waals surface area contributed by atoms with Gasteiger partial charge in [0.15, 0.2) is 9.84 Å². The van der Waals surface area contributed by atoms with E-state index in [0.717, 1.165) is 20.5 Å². The average Bonchev–Trinajstić information content (AvgIpc) is 2.86. The Balaban J connectivity index is 2.06. The molecule has 1 atom stereocenters. The second kappa shape index (κ2) is 8.06. The molecule has 2 rings (SSSR count). The number of carbonyl (C=O) groups is 1. The van der Waals surface area contributed by atoms with Gasteiger partial charge >= 0.3 is 0 Å². The molecule has 1 aromatic rings. The Kier molecular flexibility index (Phi) is 6.56. The molecule has 132 valence electrons. The predicted molar refractivity (Wildman–Crippen MR) is 103 cm³/mol. The molecule has 0 aromatic heterocycles. The van der Waals surface area contributed by atoms with Crippen molar-refractivity contribution in [3.05, 3.63) is 40.4 Å². The van der Waals surface area contributed by atoms with Crippen LogP contribution in [-0.2, 0) is 14.6 Å². The van der Waals surface area contributed by atoms with Gasteiger partial charge < -0.3 is 4.90 Å². The van der Waals surface area contributed by atoms with E-state index in [1.54, 1.807) is 11.0 Å². The van der Waals surface area contributed by atoms with Gasteiger partial charge in [-0.15, -0.1) is 18.3 Å². The van der Waals surface area contributed by atoms with E-state index in [1.165, 1.54) is 11.8 Å². The molecule has 0 radical (unpaired) electrons. The highest BCUT2D eigenvalue weighted by Crippen LogP contribution is 2.29. The van der Waals surface area contributed by atoms with Crippen molar-refractivity contribution >= 4 is 43.4 Å². The zero-order valence-electron chi connectivity index (χ0n) is 13.9. The Bertz CT molecular complexity index is 746. The van der Waals surface area contributed by atoms with Crippen LogP contribution in [0.15, 0.2) is 34.2 Å². The lowest BCUT2D eigenvalue weighted by molar-refractivity contribution is -0.129. The number of benzene rings is 1. The molecule has 0 N–H and O–H groups in total. The Hall–Kier alpha value is -0.790. The molecule has 1 unspecified atom stereocenters. The van der Waals surface area contributed by atoms with Crippen molar-refractivity contribution in [2.75, 3.05) is 23.8 Å². The van der Waals surface area contributed by atoms with Gasteiger partial charge in [0, 0.05) is 22.0 Å². The van der Waals surface area contributed by atoms with Crippen molar-refractivity contribution in [1.82, 2.24) is 4.90 Å². The maximum Gasteiger partial charge on any atom is 0.233 e. The molecule has 1 amide bonds. The number of aryl methyl sites for hydroxylation is 2. The highest BCUT2D eigenvalue weighted by atomic mass is 79.9. The minimum absolute atomic E-state index is 0.0398. The Labute approximate surface area is 156 Å². The molecule has 0 bridgehead atoms. The van der Waals surface area contributed by atoms with Gasteiger partial charge in [0.1, 0.15) is 0 Å². The molecule has 1 fully saturated rings. The van der Waals surface area contributed by atoms with Gasteiger partial charge in [0.05, 0.1) is 17.3 Å². The normalized spacial score (nSPS) is 19.2. The summed E-state index contributed by atoms with van der Waals surface area (Å²) >= 11 is 5.00. The first-order valence-electron chi connectivity index (χ1n) is 7.74. The van der Waals surface area contributed by atoms with Crippen molar-refractivity contribution in [1.29, 1.82) is 0 Å². The minimum Gasteiger partial charge on any atom is -0.334 e. The summed E-state index contributed by atoms with van der Waals surface area (Å²) in [6.45, 7) is 8.11. The van der Waals surface area contributed by atoms with E-state index in [1.807, 2.05) is 19.9 Å². The number of hydrogen-bond donors (Lipinski definition) is 0. The number of rotatable bonds is 6. The van der Waals surface area contributed by atoms with Crippen molar-refractivity contribution in [3.63, 3.8) is 0 Å². The molecule has 24 heavy (non-hydrogen) atoms. The van der Waals surface area contributed by atoms with E-state index in [4.69, 9.17) is 0 Å². The molecular formula is C17H22BrNO3S2. The zero-order chi connectivity index (χ0) is 17.9. The molecule has 1 aromatic carbocycles. The van der Waals surface area contributed by atoms with Crippen LogP contribution in [-0.4, -0.2) is 49.1 Å². The van der Waals surface area contributed by atoms with E-state index in [-0.39, 0.29) is 23.5 Å². The van der Waals surface area contributed by atoms with Crippen molar-refractivity contribution in [2.45, 2.75) is 31.2 Å². The van der Waals surface area contributed by atoms with E-state index >= 15 is 0 Å². The quantitative estimate of drug-likeness (QED) is 0.511. The van der Waals surface area contributed by atoms with Gasteiger partial charge in [-0.05, 0) is 43.5 Å². The van der Waals surface area contributed by atoms with Crippen LogP contribution in [0.2, 0.25) is 0 Å². The van der Waals surface area contributed by atoms with E-state index < -0.39 is 9.84 Å². The van der Waals surface area contributed by atoms with Crippen LogP contribution >= 0.6 is 27.7 Å². The van der Waals surface area contributed by atoms with Gasteiger partial charge in [-0.3, -0.25) is 4.79 Å². The Morgan fingerprint density at radius 3 is 2.71 bits per heavy atom. The number of hydrogen-bond acceptors (Lipinski definition) is 4. The summed E-state index contributed by atoms with van der Waals surface area (Å²) < 4.78 is 24.4. The van der Waals surface area contributed by atoms with E-state index in [0.29, 0.717) is 18.7 Å². The number of nitrogens with zero attached hydrogens (tertiary/aromatic N) is 1. The second-order valence-electron chi connectivity index (χ2n) is 6.05. The smallest absolute Gasteiger partial charge is 0.233 e. The fourth-order valence-corrected chi connectivity index (χ4v) is 5.93. The SMILES string of the molecule is C=CCN(C(=O)CSc1cc(C)c(Br)cc1C)C1CCS(=O)(=O)C1. The Morgan fingerprint density at radius 2 is 2.12 bits per heavy atom. The third kappa shape index (κ3) is 4.86. The third-order valence-electron chi connectivity index (χ3n) is 4.10. The lowest BCUT2D eigenvalue weighted by Gasteiger charge is -2.27. The van der Waals surface area contributed by atoms with E-state index in [9.17, 15) is 13.2 Å². The van der Waals surface area contributed by atoms with Crippen LogP contribution in [0.4, 0.5) is 0 Å². The summed E-state index contributed by atoms with van der Waals surface area (Å²) in [6.07, 6.45) is 2.17. The molecule has 1 saturated heterocycles. The summed E-state index contributed by atoms with van der Waals surface area (Å²) in [4.78, 5) is 15.4. The largest absolute Gasteiger partial charge is 0.334 e. The standard InChI is InChI=1S/C17H22BrNO3S2/c1-4-6-19(14-5-7-24(21,22)11-14)17(20)10-23-16-9-12(2)15(18)8-13(16)3/h4,8-9,14H,1,5-7,10-11H2,2-3H3. The average molecular weight is 432 g/mol. The summed E-state index contributed by atoms with van der Waals surface area (Å²) in [7, 11) is -3.02. The Morgan fingerprint density at radius 1 is 1.42 bits per heavy atom. The van der Waals surface area contributed by atoms with Gasteiger partial charge in [-0.1, -0.05) is 22.0 Å². The van der Waals surface area contributed by atoms with Gasteiger partial charge in [-0.25, -0.2) is 8.42 Å².